The molecule has 162 valence electrons. The molecule has 1 aromatic carbocycles. The third-order valence-electron chi connectivity index (χ3n) is 4.86. The van der Waals surface area contributed by atoms with E-state index >= 15 is 0 Å². The van der Waals surface area contributed by atoms with E-state index in [1.165, 1.54) is 56.9 Å². The average Bonchev–Trinajstić information content (AvgIpc) is 2.71. The zero-order valence-electron chi connectivity index (χ0n) is 18.5. The van der Waals surface area contributed by atoms with Crippen LogP contribution in [0.4, 0.5) is 0 Å². The molecule has 1 aromatic rings. The molecule has 0 N–H and O–H groups in total. The Balaban J connectivity index is 2.07. The van der Waals surface area contributed by atoms with E-state index in [9.17, 15) is 9.59 Å². The molecule has 0 heterocycles. The maximum atomic E-state index is 11.8. The van der Waals surface area contributed by atoms with Crippen LogP contribution < -0.4 is 4.74 Å². The van der Waals surface area contributed by atoms with Crippen LogP contribution in [-0.4, -0.2) is 18.5 Å². The normalized spacial score (nSPS) is 11.2. The fourth-order valence-corrected chi connectivity index (χ4v) is 3.02. The summed E-state index contributed by atoms with van der Waals surface area (Å²) in [6.07, 6.45) is 14.6. The molecule has 0 atom stereocenters. The lowest BCUT2D eigenvalue weighted by Crippen LogP contribution is -2.07. The number of ether oxygens (including phenoxy) is 2. The standard InChI is InChI=1S/C25H38O4/c1-4-5-6-7-8-9-10-11-12-13-20-28-24(26)18-19-25(27)29-23-16-14-22(15-17-23)21(2)3/h14-19,21H,4-13,20H2,1-3H3/b19-18+. The van der Waals surface area contributed by atoms with Crippen LogP contribution >= 0.6 is 0 Å². The number of rotatable bonds is 15. The molecule has 0 spiro atoms. The topological polar surface area (TPSA) is 52.6 Å². The van der Waals surface area contributed by atoms with Crippen molar-refractivity contribution in [2.24, 2.45) is 0 Å². The number of esters is 2. The first kappa shape index (κ1) is 24.9. The van der Waals surface area contributed by atoms with E-state index in [0.717, 1.165) is 25.0 Å². The molecule has 0 radical (unpaired) electrons. The number of benzene rings is 1. The molecule has 0 aliphatic carbocycles. The number of carbonyl (C=O) groups is 2. The summed E-state index contributed by atoms with van der Waals surface area (Å²) < 4.78 is 10.3. The van der Waals surface area contributed by atoms with Gasteiger partial charge in [-0.3, -0.25) is 0 Å². The summed E-state index contributed by atoms with van der Waals surface area (Å²) in [6, 6.07) is 7.37. The molecular formula is C25H38O4. The van der Waals surface area contributed by atoms with Crippen LogP contribution in [0.5, 0.6) is 5.75 Å². The Morgan fingerprint density at radius 3 is 1.86 bits per heavy atom. The van der Waals surface area contributed by atoms with E-state index in [2.05, 4.69) is 20.8 Å². The van der Waals surface area contributed by atoms with E-state index in [4.69, 9.17) is 9.47 Å². The minimum Gasteiger partial charge on any atom is -0.463 e. The van der Waals surface area contributed by atoms with Crippen molar-refractivity contribution in [1.82, 2.24) is 0 Å². The lowest BCUT2D eigenvalue weighted by Gasteiger charge is -2.06. The monoisotopic (exact) mass is 402 g/mol. The molecule has 29 heavy (non-hydrogen) atoms. The van der Waals surface area contributed by atoms with Crippen LogP contribution in [-0.2, 0) is 14.3 Å². The number of unbranched alkanes of at least 4 members (excludes halogenated alkanes) is 9. The molecule has 0 saturated heterocycles. The maximum absolute atomic E-state index is 11.8. The van der Waals surface area contributed by atoms with Crippen LogP contribution in [0.3, 0.4) is 0 Å². The van der Waals surface area contributed by atoms with Gasteiger partial charge in [-0.15, -0.1) is 0 Å². The summed E-state index contributed by atoms with van der Waals surface area (Å²) >= 11 is 0. The van der Waals surface area contributed by atoms with Crippen LogP contribution in [0, 0.1) is 0 Å². The first-order valence-electron chi connectivity index (χ1n) is 11.2. The van der Waals surface area contributed by atoms with Crippen LogP contribution in [0.1, 0.15) is 96.5 Å². The highest BCUT2D eigenvalue weighted by Crippen LogP contribution is 2.18. The molecule has 4 heteroatoms. The molecule has 0 bridgehead atoms. The van der Waals surface area contributed by atoms with Gasteiger partial charge in [0.05, 0.1) is 6.61 Å². The SMILES string of the molecule is CCCCCCCCCCCCOC(=O)/C=C/C(=O)Oc1ccc(C(C)C)cc1. The molecule has 4 nitrogen and oxygen atoms in total. The largest absolute Gasteiger partial charge is 0.463 e. The van der Waals surface area contributed by atoms with Crippen molar-refractivity contribution in [3.8, 4) is 5.75 Å². The van der Waals surface area contributed by atoms with E-state index < -0.39 is 11.9 Å². The second-order valence-corrected chi connectivity index (χ2v) is 7.83. The van der Waals surface area contributed by atoms with Crippen molar-refractivity contribution in [2.45, 2.75) is 90.9 Å². The van der Waals surface area contributed by atoms with Gasteiger partial charge >= 0.3 is 11.9 Å². The number of hydrogen-bond donors (Lipinski definition) is 0. The number of carbonyl (C=O) groups excluding carboxylic acids is 2. The Morgan fingerprint density at radius 1 is 0.793 bits per heavy atom. The van der Waals surface area contributed by atoms with E-state index in [0.29, 0.717) is 18.3 Å². The number of hydrogen-bond acceptors (Lipinski definition) is 4. The minimum atomic E-state index is -0.585. The smallest absolute Gasteiger partial charge is 0.336 e. The lowest BCUT2D eigenvalue weighted by molar-refractivity contribution is -0.138. The predicted molar refractivity (Wildman–Crippen MR) is 118 cm³/mol. The summed E-state index contributed by atoms with van der Waals surface area (Å²) in [5.41, 5.74) is 1.18. The molecule has 0 amide bonds. The highest BCUT2D eigenvalue weighted by Gasteiger charge is 2.04. The molecule has 1 rings (SSSR count). The van der Waals surface area contributed by atoms with Gasteiger partial charge in [-0.2, -0.15) is 0 Å². The van der Waals surface area contributed by atoms with E-state index in [1.807, 2.05) is 12.1 Å². The van der Waals surface area contributed by atoms with Crippen molar-refractivity contribution in [2.75, 3.05) is 6.61 Å². The van der Waals surface area contributed by atoms with Crippen molar-refractivity contribution in [3.63, 3.8) is 0 Å². The van der Waals surface area contributed by atoms with Gasteiger partial charge in [0.15, 0.2) is 0 Å². The zero-order valence-corrected chi connectivity index (χ0v) is 18.5. The third-order valence-corrected chi connectivity index (χ3v) is 4.86. The van der Waals surface area contributed by atoms with Crippen molar-refractivity contribution < 1.29 is 19.1 Å². The second kappa shape index (κ2) is 15.8. The van der Waals surface area contributed by atoms with Gasteiger partial charge in [-0.25, -0.2) is 9.59 Å². The van der Waals surface area contributed by atoms with Crippen molar-refractivity contribution in [3.05, 3.63) is 42.0 Å². The van der Waals surface area contributed by atoms with Crippen LogP contribution in [0.25, 0.3) is 0 Å². The Kier molecular flexibility index (Phi) is 13.6. The summed E-state index contributed by atoms with van der Waals surface area (Å²) in [5, 5.41) is 0. The van der Waals surface area contributed by atoms with E-state index in [-0.39, 0.29) is 0 Å². The van der Waals surface area contributed by atoms with Gasteiger partial charge in [0, 0.05) is 12.2 Å². The minimum absolute atomic E-state index is 0.394. The first-order chi connectivity index (χ1) is 14.0. The summed E-state index contributed by atoms with van der Waals surface area (Å²) in [7, 11) is 0. The van der Waals surface area contributed by atoms with Gasteiger partial charge in [0.2, 0.25) is 0 Å². The highest BCUT2D eigenvalue weighted by atomic mass is 16.5. The molecule has 0 unspecified atom stereocenters. The fraction of sp³-hybridized carbons (Fsp3) is 0.600. The molecule has 0 aliphatic heterocycles. The fourth-order valence-electron chi connectivity index (χ4n) is 3.02. The average molecular weight is 403 g/mol. The Bertz CT molecular complexity index is 602. The molecule has 0 aromatic heterocycles. The Labute approximate surface area is 176 Å². The van der Waals surface area contributed by atoms with Crippen molar-refractivity contribution >= 4 is 11.9 Å². The maximum Gasteiger partial charge on any atom is 0.336 e. The van der Waals surface area contributed by atoms with Crippen LogP contribution in [0.2, 0.25) is 0 Å². The molecule has 0 aliphatic rings. The van der Waals surface area contributed by atoms with Crippen molar-refractivity contribution in [1.29, 1.82) is 0 Å². The quantitative estimate of drug-likeness (QED) is 0.141. The highest BCUT2D eigenvalue weighted by molar-refractivity contribution is 5.92. The molecule has 0 fully saturated rings. The van der Waals surface area contributed by atoms with Gasteiger partial charge < -0.3 is 9.47 Å². The molecular weight excluding hydrogens is 364 g/mol. The summed E-state index contributed by atoms with van der Waals surface area (Å²) in [5.74, 6) is -0.209. The Hall–Kier alpha value is -2.10. The molecule has 0 saturated carbocycles. The zero-order chi connectivity index (χ0) is 21.3. The second-order valence-electron chi connectivity index (χ2n) is 7.83. The predicted octanol–water partition coefficient (Wildman–Crippen LogP) is 6.74. The third kappa shape index (κ3) is 12.9. The van der Waals surface area contributed by atoms with E-state index in [1.54, 1.807) is 12.1 Å². The van der Waals surface area contributed by atoms with Gasteiger partial charge in [0.1, 0.15) is 5.75 Å². The van der Waals surface area contributed by atoms with Crippen LogP contribution in [0.15, 0.2) is 36.4 Å². The Morgan fingerprint density at radius 2 is 1.31 bits per heavy atom. The first-order valence-corrected chi connectivity index (χ1v) is 11.2. The van der Waals surface area contributed by atoms with Gasteiger partial charge in [-0.05, 0) is 30.0 Å². The van der Waals surface area contributed by atoms with Gasteiger partial charge in [0.25, 0.3) is 0 Å². The summed E-state index contributed by atoms with van der Waals surface area (Å²) in [4.78, 5) is 23.4. The lowest BCUT2D eigenvalue weighted by atomic mass is 10.0. The summed E-state index contributed by atoms with van der Waals surface area (Å²) in [6.45, 7) is 6.84. The van der Waals surface area contributed by atoms with Gasteiger partial charge in [-0.1, -0.05) is 90.7 Å².